The van der Waals surface area contributed by atoms with Crippen molar-refractivity contribution in [2.24, 2.45) is 0 Å². The van der Waals surface area contributed by atoms with Gasteiger partial charge in [-0.05, 0) is 22.9 Å². The van der Waals surface area contributed by atoms with Gasteiger partial charge < -0.3 is 10.1 Å². The minimum Gasteiger partial charge on any atom is -0.462 e. The molecule has 1 aromatic rings. The molecule has 0 heterocycles. The molecule has 0 saturated heterocycles. The molecule has 0 fully saturated rings. The smallest absolute Gasteiger partial charge is 0.343 e. The molecule has 0 atom stereocenters. The second-order valence-electron chi connectivity index (χ2n) is 4.13. The Hall–Kier alpha value is -0.870. The second kappa shape index (κ2) is 8.68. The maximum absolute atomic E-state index is 14.3. The highest BCUT2D eigenvalue weighted by Crippen LogP contribution is 2.37. The number of alkyl halides is 3. The molecule has 25 heavy (non-hydrogen) atoms. The molecule has 0 aliphatic rings. The fourth-order valence-corrected chi connectivity index (χ4v) is 2.15. The van der Waals surface area contributed by atoms with Gasteiger partial charge in [-0.25, -0.2) is 18.4 Å². The number of carbonyl (C=O) groups is 3. The van der Waals surface area contributed by atoms with E-state index in [0.29, 0.717) is 0 Å². The van der Waals surface area contributed by atoms with Gasteiger partial charge >= 0.3 is 12.0 Å². The Morgan fingerprint density at radius 1 is 1.20 bits per heavy atom. The summed E-state index contributed by atoms with van der Waals surface area (Å²) < 4.78 is 30.1. The quantitative estimate of drug-likeness (QED) is 0.274. The van der Waals surface area contributed by atoms with Gasteiger partial charge in [0.15, 0.2) is 11.6 Å². The van der Waals surface area contributed by atoms with E-state index in [9.17, 15) is 23.2 Å². The summed E-state index contributed by atoms with van der Waals surface area (Å²) >= 11 is 24.0. The van der Waals surface area contributed by atoms with E-state index in [1.165, 1.54) is 6.92 Å². The van der Waals surface area contributed by atoms with Crippen molar-refractivity contribution < 1.29 is 27.9 Å². The van der Waals surface area contributed by atoms with Crippen LogP contribution in [0.5, 0.6) is 0 Å². The molecule has 0 bridgehead atoms. The molecule has 3 amide bonds. The van der Waals surface area contributed by atoms with E-state index >= 15 is 0 Å². The number of nitrogens with one attached hydrogen (secondary N) is 2. The lowest BCUT2D eigenvalue weighted by molar-refractivity contribution is -0.119. The van der Waals surface area contributed by atoms with Crippen LogP contribution in [0.2, 0.25) is 5.02 Å². The van der Waals surface area contributed by atoms with Crippen molar-refractivity contribution in [2.45, 2.75) is 10.7 Å². The Bertz CT molecular complexity index is 743. The zero-order valence-electron chi connectivity index (χ0n) is 12.0. The fourth-order valence-electron chi connectivity index (χ4n) is 1.46. The molecular weight excluding hydrogens is 496 g/mol. The summed E-state index contributed by atoms with van der Waals surface area (Å²) in [6, 6.07) is -1.39. The zero-order chi connectivity index (χ0) is 19.5. The van der Waals surface area contributed by atoms with E-state index in [2.05, 4.69) is 20.7 Å². The standard InChI is InChI=1S/C12H7BrCl4F2N2O4/c1-2-25-9(22)3-6(18)5(14)4(13)7(19)8(3)20-11(24)21-10(23)12(15,16)17/h2H2,1H3,(H2,20,21,23,24). The maximum atomic E-state index is 14.3. The molecular formula is C12H7BrCl4F2N2O4. The number of urea groups is 1. The zero-order valence-corrected chi connectivity index (χ0v) is 16.6. The Morgan fingerprint density at radius 3 is 2.24 bits per heavy atom. The lowest BCUT2D eigenvalue weighted by Crippen LogP contribution is -2.41. The van der Waals surface area contributed by atoms with Crippen LogP contribution in [-0.4, -0.2) is 28.3 Å². The Kier molecular flexibility index (Phi) is 7.70. The maximum Gasteiger partial charge on any atom is 0.343 e. The summed E-state index contributed by atoms with van der Waals surface area (Å²) in [6.07, 6.45) is 0. The van der Waals surface area contributed by atoms with Gasteiger partial charge in [0, 0.05) is 0 Å². The normalized spacial score (nSPS) is 11.0. The molecule has 1 aromatic carbocycles. The molecule has 0 aliphatic heterocycles. The van der Waals surface area contributed by atoms with Crippen molar-refractivity contribution in [2.75, 3.05) is 11.9 Å². The van der Waals surface area contributed by atoms with Crippen LogP contribution in [0.4, 0.5) is 19.3 Å². The van der Waals surface area contributed by atoms with Crippen LogP contribution in [-0.2, 0) is 9.53 Å². The van der Waals surface area contributed by atoms with Gasteiger partial charge in [-0.2, -0.15) is 0 Å². The number of halogens is 7. The number of benzene rings is 1. The molecule has 0 saturated carbocycles. The average molecular weight is 503 g/mol. The van der Waals surface area contributed by atoms with Crippen LogP contribution in [0.25, 0.3) is 0 Å². The fraction of sp³-hybridized carbons (Fsp3) is 0.250. The van der Waals surface area contributed by atoms with E-state index in [0.717, 1.165) is 0 Å². The van der Waals surface area contributed by atoms with Crippen molar-refractivity contribution in [3.05, 3.63) is 26.7 Å². The molecule has 138 valence electrons. The van der Waals surface area contributed by atoms with Crippen molar-refractivity contribution in [3.63, 3.8) is 0 Å². The summed E-state index contributed by atoms with van der Waals surface area (Å²) in [5.74, 6) is -5.29. The van der Waals surface area contributed by atoms with E-state index < -0.39 is 54.1 Å². The van der Waals surface area contributed by atoms with Crippen LogP contribution < -0.4 is 10.6 Å². The Labute approximate surface area is 168 Å². The molecule has 0 aromatic heterocycles. The molecule has 0 radical (unpaired) electrons. The lowest BCUT2D eigenvalue weighted by Gasteiger charge is -2.16. The molecule has 0 aliphatic carbocycles. The van der Waals surface area contributed by atoms with Gasteiger partial charge in [0.1, 0.15) is 5.56 Å². The van der Waals surface area contributed by atoms with E-state index in [1.54, 1.807) is 10.6 Å². The van der Waals surface area contributed by atoms with Crippen molar-refractivity contribution in [1.29, 1.82) is 0 Å². The van der Waals surface area contributed by atoms with Gasteiger partial charge in [0.05, 0.1) is 21.8 Å². The highest BCUT2D eigenvalue weighted by atomic mass is 79.9. The monoisotopic (exact) mass is 500 g/mol. The number of rotatable bonds is 3. The van der Waals surface area contributed by atoms with Crippen LogP contribution in [0.15, 0.2) is 4.47 Å². The second-order valence-corrected chi connectivity index (χ2v) is 7.58. The van der Waals surface area contributed by atoms with E-state index in [1.807, 2.05) is 0 Å². The number of imide groups is 1. The summed E-state index contributed by atoms with van der Waals surface area (Å²) in [7, 11) is 0. The summed E-state index contributed by atoms with van der Waals surface area (Å²) in [4.78, 5) is 35.0. The number of ether oxygens (including phenoxy) is 1. The van der Waals surface area contributed by atoms with Crippen molar-refractivity contribution in [3.8, 4) is 0 Å². The number of amides is 3. The molecule has 6 nitrogen and oxygen atoms in total. The predicted molar refractivity (Wildman–Crippen MR) is 92.5 cm³/mol. The summed E-state index contributed by atoms with van der Waals surface area (Å²) in [6.45, 7) is 1.26. The van der Waals surface area contributed by atoms with E-state index in [4.69, 9.17) is 46.4 Å². The van der Waals surface area contributed by atoms with Crippen molar-refractivity contribution in [1.82, 2.24) is 5.32 Å². The topological polar surface area (TPSA) is 84.5 Å². The number of hydrogen-bond donors (Lipinski definition) is 2. The third-order valence-corrected chi connectivity index (χ3v) is 4.31. The SMILES string of the molecule is CCOC(=O)c1c(F)c(Cl)c(Br)c(F)c1NC(=O)NC(=O)C(Cl)(Cl)Cl. The van der Waals surface area contributed by atoms with Crippen molar-refractivity contribution >= 4 is 85.9 Å². The largest absolute Gasteiger partial charge is 0.462 e. The van der Waals surface area contributed by atoms with Crippen LogP contribution >= 0.6 is 62.3 Å². The summed E-state index contributed by atoms with van der Waals surface area (Å²) in [5, 5.41) is 2.61. The first-order chi connectivity index (χ1) is 11.4. The van der Waals surface area contributed by atoms with Crippen LogP contribution in [0.1, 0.15) is 17.3 Å². The van der Waals surface area contributed by atoms with Gasteiger partial charge in [0.2, 0.25) is 0 Å². The average Bonchev–Trinajstić information content (AvgIpc) is 2.49. The first kappa shape index (κ1) is 22.2. The highest BCUT2D eigenvalue weighted by Gasteiger charge is 2.33. The first-order valence-corrected chi connectivity index (χ1v) is 8.44. The Morgan fingerprint density at radius 2 is 1.76 bits per heavy atom. The van der Waals surface area contributed by atoms with Gasteiger partial charge in [-0.1, -0.05) is 46.4 Å². The molecule has 1 rings (SSSR count). The minimum atomic E-state index is -2.48. The number of hydrogen-bond acceptors (Lipinski definition) is 4. The van der Waals surface area contributed by atoms with Crippen LogP contribution in [0, 0.1) is 11.6 Å². The molecule has 13 heteroatoms. The minimum absolute atomic E-state index is 0.162. The number of carbonyl (C=O) groups excluding carboxylic acids is 3. The van der Waals surface area contributed by atoms with Gasteiger partial charge in [0.25, 0.3) is 9.70 Å². The van der Waals surface area contributed by atoms with Gasteiger partial charge in [-0.3, -0.25) is 10.1 Å². The third-order valence-electron chi connectivity index (χ3n) is 2.47. The number of esters is 1. The number of anilines is 1. The van der Waals surface area contributed by atoms with Gasteiger partial charge in [-0.15, -0.1) is 0 Å². The predicted octanol–water partition coefficient (Wildman–Crippen LogP) is 4.58. The summed E-state index contributed by atoms with van der Waals surface area (Å²) in [5.41, 5.74) is -1.91. The molecule has 2 N–H and O–H groups in total. The third kappa shape index (κ3) is 5.30. The lowest BCUT2D eigenvalue weighted by atomic mass is 10.1. The molecule has 0 unspecified atom stereocenters. The van der Waals surface area contributed by atoms with Crippen LogP contribution in [0.3, 0.4) is 0 Å². The van der Waals surface area contributed by atoms with E-state index in [-0.39, 0.29) is 6.61 Å². The molecule has 0 spiro atoms. The Balaban J connectivity index is 3.32. The first-order valence-electron chi connectivity index (χ1n) is 6.14. The highest BCUT2D eigenvalue weighted by molar-refractivity contribution is 9.10.